The van der Waals surface area contributed by atoms with E-state index in [-0.39, 0.29) is 30.3 Å². The lowest BCUT2D eigenvalue weighted by atomic mass is 9.96. The van der Waals surface area contributed by atoms with E-state index in [1.165, 1.54) is 0 Å². The predicted molar refractivity (Wildman–Crippen MR) is 96.4 cm³/mol. The maximum absolute atomic E-state index is 12.5. The number of pyridine rings is 1. The molecule has 0 aliphatic heterocycles. The van der Waals surface area contributed by atoms with Gasteiger partial charge in [-0.05, 0) is 41.3 Å². The van der Waals surface area contributed by atoms with Gasteiger partial charge in [-0.25, -0.2) is 0 Å². The van der Waals surface area contributed by atoms with Crippen LogP contribution in [0.2, 0.25) is 5.02 Å². The van der Waals surface area contributed by atoms with Gasteiger partial charge in [0.1, 0.15) is 5.75 Å². The normalized spacial score (nSPS) is 10.6. The molecule has 0 aliphatic rings. The minimum atomic E-state index is -0.115. The molecule has 6 heteroatoms. The van der Waals surface area contributed by atoms with E-state index >= 15 is 0 Å². The van der Waals surface area contributed by atoms with E-state index in [1.807, 2.05) is 6.07 Å². The summed E-state index contributed by atoms with van der Waals surface area (Å²) >= 11 is 6.11. The first-order valence-corrected chi connectivity index (χ1v) is 7.21. The van der Waals surface area contributed by atoms with Crippen LogP contribution in [0.4, 0.5) is 0 Å². The number of aromatic hydroxyl groups is 1. The third kappa shape index (κ3) is 2.93. The summed E-state index contributed by atoms with van der Waals surface area (Å²) in [7, 11) is 1.70. The van der Waals surface area contributed by atoms with Crippen molar-refractivity contribution in [3.8, 4) is 16.9 Å². The molecule has 1 aromatic heterocycles. The van der Waals surface area contributed by atoms with E-state index in [0.29, 0.717) is 16.1 Å². The fourth-order valence-electron chi connectivity index (χ4n) is 2.76. The second kappa shape index (κ2) is 6.62. The van der Waals surface area contributed by atoms with E-state index in [4.69, 9.17) is 17.3 Å². The average molecular weight is 351 g/mol. The summed E-state index contributed by atoms with van der Waals surface area (Å²) in [5, 5.41) is 11.6. The summed E-state index contributed by atoms with van der Waals surface area (Å²) in [6.45, 7) is 0.208. The second-order valence-electron chi connectivity index (χ2n) is 5.13. The summed E-state index contributed by atoms with van der Waals surface area (Å²) < 4.78 is 1.55. The van der Waals surface area contributed by atoms with Gasteiger partial charge in [0.15, 0.2) is 0 Å². The van der Waals surface area contributed by atoms with Gasteiger partial charge in [-0.2, -0.15) is 0 Å². The number of hydrogen-bond acceptors (Lipinski definition) is 3. The van der Waals surface area contributed by atoms with Crippen molar-refractivity contribution in [2.45, 2.75) is 6.54 Å². The minimum absolute atomic E-state index is 0. The largest absolute Gasteiger partial charge is 0.508 e. The molecule has 3 N–H and O–H groups in total. The summed E-state index contributed by atoms with van der Waals surface area (Å²) in [5.41, 5.74) is 8.07. The Bertz CT molecular complexity index is 936. The number of fused-ring (bicyclic) bond motifs is 1. The van der Waals surface area contributed by atoms with Crippen LogP contribution in [0.5, 0.6) is 5.75 Å². The summed E-state index contributed by atoms with van der Waals surface area (Å²) in [5.74, 6) is 0.157. The number of nitrogens with two attached hydrogens (primary N) is 1. The lowest BCUT2D eigenvalue weighted by Gasteiger charge is -2.16. The number of nitrogens with zero attached hydrogens (tertiary/aromatic N) is 1. The van der Waals surface area contributed by atoms with Gasteiger partial charge in [0.05, 0.1) is 0 Å². The maximum Gasteiger partial charge on any atom is 0.258 e. The zero-order chi connectivity index (χ0) is 15.9. The highest BCUT2D eigenvalue weighted by atomic mass is 35.5. The summed E-state index contributed by atoms with van der Waals surface area (Å²) in [6.07, 6.45) is 0. The van der Waals surface area contributed by atoms with Gasteiger partial charge < -0.3 is 15.4 Å². The van der Waals surface area contributed by atoms with Crippen LogP contribution in [0.3, 0.4) is 0 Å². The van der Waals surface area contributed by atoms with E-state index in [9.17, 15) is 9.90 Å². The number of phenols is 1. The number of hydrogen-bond donors (Lipinski definition) is 2. The highest BCUT2D eigenvalue weighted by molar-refractivity contribution is 6.31. The van der Waals surface area contributed by atoms with E-state index in [0.717, 1.165) is 16.5 Å². The van der Waals surface area contributed by atoms with Crippen molar-refractivity contribution in [1.82, 2.24) is 4.57 Å². The molecule has 1 heterocycles. The fraction of sp³-hybridized carbons (Fsp3) is 0.118. The molecule has 120 valence electrons. The molecule has 0 fully saturated rings. The van der Waals surface area contributed by atoms with Gasteiger partial charge in [-0.3, -0.25) is 4.79 Å². The number of benzene rings is 2. The van der Waals surface area contributed by atoms with E-state index in [2.05, 4.69) is 0 Å². The molecule has 0 amide bonds. The van der Waals surface area contributed by atoms with E-state index in [1.54, 1.807) is 48.0 Å². The standard InChI is InChI=1S/C17H15ClN2O2.ClH/c1-20-15(9-19)16(10-3-2-4-12(21)7-10)14-8-11(18)5-6-13(14)17(20)22;/h2-8,21H,9,19H2,1H3;1H. The zero-order valence-corrected chi connectivity index (χ0v) is 14.0. The van der Waals surface area contributed by atoms with Crippen molar-refractivity contribution in [2.24, 2.45) is 12.8 Å². The topological polar surface area (TPSA) is 68.2 Å². The van der Waals surface area contributed by atoms with Crippen molar-refractivity contribution >= 4 is 34.8 Å². The Balaban J connectivity index is 0.00000192. The highest BCUT2D eigenvalue weighted by Gasteiger charge is 2.16. The first kappa shape index (κ1) is 17.3. The Labute approximate surface area is 144 Å². The van der Waals surface area contributed by atoms with Crippen LogP contribution in [0.25, 0.3) is 21.9 Å². The average Bonchev–Trinajstić information content (AvgIpc) is 2.50. The fourth-order valence-corrected chi connectivity index (χ4v) is 2.93. The van der Waals surface area contributed by atoms with Crippen molar-refractivity contribution in [3.63, 3.8) is 0 Å². The van der Waals surface area contributed by atoms with Gasteiger partial charge in [0.25, 0.3) is 5.56 Å². The molecule has 0 unspecified atom stereocenters. The molecule has 0 saturated heterocycles. The molecule has 3 rings (SSSR count). The Morgan fingerprint density at radius 1 is 1.17 bits per heavy atom. The molecule has 3 aromatic rings. The van der Waals surface area contributed by atoms with Gasteiger partial charge in [0.2, 0.25) is 0 Å². The first-order chi connectivity index (χ1) is 10.5. The lowest BCUT2D eigenvalue weighted by molar-refractivity contribution is 0.475. The molecule has 0 bridgehead atoms. The third-order valence-corrected chi connectivity index (χ3v) is 4.04. The summed E-state index contributed by atoms with van der Waals surface area (Å²) in [4.78, 5) is 12.5. The highest BCUT2D eigenvalue weighted by Crippen LogP contribution is 2.33. The van der Waals surface area contributed by atoms with Crippen LogP contribution in [-0.4, -0.2) is 9.67 Å². The minimum Gasteiger partial charge on any atom is -0.508 e. The van der Waals surface area contributed by atoms with Crippen LogP contribution in [-0.2, 0) is 13.6 Å². The Morgan fingerprint density at radius 3 is 2.57 bits per heavy atom. The van der Waals surface area contributed by atoms with Gasteiger partial charge in [-0.15, -0.1) is 12.4 Å². The molecule has 0 saturated carbocycles. The number of aromatic nitrogens is 1. The predicted octanol–water partition coefficient (Wildman–Crippen LogP) is 3.45. The van der Waals surface area contributed by atoms with Crippen LogP contribution in [0, 0.1) is 0 Å². The molecule has 4 nitrogen and oxygen atoms in total. The molecule has 2 aromatic carbocycles. The number of phenolic OH excluding ortho intramolecular Hbond substituents is 1. The monoisotopic (exact) mass is 350 g/mol. The lowest BCUT2D eigenvalue weighted by Crippen LogP contribution is -2.23. The molecule has 0 aliphatic carbocycles. The van der Waals surface area contributed by atoms with Gasteiger partial charge in [0, 0.05) is 35.3 Å². The van der Waals surface area contributed by atoms with E-state index < -0.39 is 0 Å². The van der Waals surface area contributed by atoms with Crippen LogP contribution in [0.1, 0.15) is 5.69 Å². The third-order valence-electron chi connectivity index (χ3n) is 3.81. The molecule has 23 heavy (non-hydrogen) atoms. The number of halogens is 2. The molecule has 0 radical (unpaired) electrons. The van der Waals surface area contributed by atoms with Crippen molar-refractivity contribution in [3.05, 3.63) is 63.5 Å². The van der Waals surface area contributed by atoms with Crippen molar-refractivity contribution < 1.29 is 5.11 Å². The Hall–Kier alpha value is -2.01. The van der Waals surface area contributed by atoms with Crippen molar-refractivity contribution in [1.29, 1.82) is 0 Å². The first-order valence-electron chi connectivity index (χ1n) is 6.83. The maximum atomic E-state index is 12.5. The SMILES string of the molecule is Cl.Cn1c(CN)c(-c2cccc(O)c2)c2cc(Cl)ccc2c1=O. The quantitative estimate of drug-likeness (QED) is 0.743. The molecular formula is C17H16Cl2N2O2. The van der Waals surface area contributed by atoms with Crippen LogP contribution in [0.15, 0.2) is 47.3 Å². The Morgan fingerprint density at radius 2 is 1.91 bits per heavy atom. The Kier molecular flexibility index (Phi) is 5.00. The number of rotatable bonds is 2. The summed E-state index contributed by atoms with van der Waals surface area (Å²) in [6, 6.07) is 12.1. The van der Waals surface area contributed by atoms with Crippen molar-refractivity contribution in [2.75, 3.05) is 0 Å². The molecule has 0 atom stereocenters. The molecule has 0 spiro atoms. The smallest absolute Gasteiger partial charge is 0.258 e. The zero-order valence-electron chi connectivity index (χ0n) is 12.4. The second-order valence-corrected chi connectivity index (χ2v) is 5.57. The van der Waals surface area contributed by atoms with Crippen LogP contribution < -0.4 is 11.3 Å². The van der Waals surface area contributed by atoms with Crippen LogP contribution >= 0.6 is 24.0 Å². The van der Waals surface area contributed by atoms with Gasteiger partial charge in [-0.1, -0.05) is 23.7 Å². The van der Waals surface area contributed by atoms with Gasteiger partial charge >= 0.3 is 0 Å². The molecular weight excluding hydrogens is 335 g/mol.